The zero-order valence-corrected chi connectivity index (χ0v) is 14.0. The first-order chi connectivity index (χ1) is 10.7. The first kappa shape index (κ1) is 17.5. The zero-order valence-electron chi connectivity index (χ0n) is 13.2. The minimum Gasteiger partial charge on any atom is -0.476 e. The van der Waals surface area contributed by atoms with E-state index in [4.69, 9.17) is 5.11 Å². The van der Waals surface area contributed by atoms with E-state index in [0.29, 0.717) is 13.0 Å². The maximum Gasteiger partial charge on any atom is 0.356 e. The van der Waals surface area contributed by atoms with Gasteiger partial charge >= 0.3 is 5.97 Å². The number of hydrogen-bond acceptors (Lipinski definition) is 5. The van der Waals surface area contributed by atoms with Crippen LogP contribution in [0.25, 0.3) is 0 Å². The van der Waals surface area contributed by atoms with Crippen molar-refractivity contribution in [3.63, 3.8) is 0 Å². The number of carbonyl (C=O) groups excluding carboxylic acids is 1. The van der Waals surface area contributed by atoms with Crippen molar-refractivity contribution < 1.29 is 23.1 Å². The van der Waals surface area contributed by atoms with Crippen LogP contribution < -0.4 is 0 Å². The molecule has 128 valence electrons. The summed E-state index contributed by atoms with van der Waals surface area (Å²) in [5, 5.41) is 12.8. The number of hydrogen-bond donors (Lipinski definition) is 1. The Morgan fingerprint density at radius 2 is 2.17 bits per heavy atom. The largest absolute Gasteiger partial charge is 0.476 e. The molecule has 23 heavy (non-hydrogen) atoms. The number of carbonyl (C=O) groups is 2. The number of rotatable bonds is 6. The normalized spacial score (nSPS) is 19.7. The molecule has 0 bridgehead atoms. The van der Waals surface area contributed by atoms with Gasteiger partial charge in [-0.15, -0.1) is 0 Å². The number of aromatic nitrogens is 2. The number of carboxylic acids is 1. The number of aryl methyl sites for hydroxylation is 1. The van der Waals surface area contributed by atoms with Gasteiger partial charge in [0, 0.05) is 25.7 Å². The first-order valence-electron chi connectivity index (χ1n) is 7.54. The van der Waals surface area contributed by atoms with Gasteiger partial charge in [-0.2, -0.15) is 5.10 Å². The summed E-state index contributed by atoms with van der Waals surface area (Å²) in [7, 11) is -1.61. The van der Waals surface area contributed by atoms with E-state index in [2.05, 4.69) is 5.10 Å². The molecule has 1 amide bonds. The molecule has 2 heterocycles. The monoisotopic (exact) mass is 343 g/mol. The van der Waals surface area contributed by atoms with Crippen LogP contribution in [0.15, 0.2) is 6.07 Å². The standard InChI is InChI=1S/C14H21N3O5S/c1-3-4-6-17(10-5-7-23(21,22)9-10)13(18)12-8-11(14(19)20)15-16(12)2/h8,10H,3-7,9H2,1-2H3,(H,19,20). The summed E-state index contributed by atoms with van der Waals surface area (Å²) in [6.07, 6.45) is 2.04. The van der Waals surface area contributed by atoms with Gasteiger partial charge in [-0.05, 0) is 12.8 Å². The molecule has 1 fully saturated rings. The SMILES string of the molecule is CCCCN(C(=O)c1cc(C(=O)O)nn1C)C1CCS(=O)(=O)C1. The Morgan fingerprint density at radius 1 is 1.48 bits per heavy atom. The summed E-state index contributed by atoms with van der Waals surface area (Å²) < 4.78 is 24.6. The predicted molar refractivity (Wildman–Crippen MR) is 83.2 cm³/mol. The van der Waals surface area contributed by atoms with Crippen molar-refractivity contribution in [3.8, 4) is 0 Å². The van der Waals surface area contributed by atoms with Crippen LogP contribution in [0.3, 0.4) is 0 Å². The number of amides is 1. The van der Waals surface area contributed by atoms with Gasteiger partial charge in [0.1, 0.15) is 5.69 Å². The Morgan fingerprint density at radius 3 is 2.65 bits per heavy atom. The lowest BCUT2D eigenvalue weighted by Crippen LogP contribution is -2.42. The van der Waals surface area contributed by atoms with Crippen molar-refractivity contribution in [1.82, 2.24) is 14.7 Å². The third-order valence-electron chi connectivity index (χ3n) is 3.98. The maximum absolute atomic E-state index is 12.8. The molecular weight excluding hydrogens is 322 g/mol. The van der Waals surface area contributed by atoms with Crippen LogP contribution in [0.5, 0.6) is 0 Å². The number of aromatic carboxylic acids is 1. The fourth-order valence-electron chi connectivity index (χ4n) is 2.72. The molecule has 1 N–H and O–H groups in total. The first-order valence-corrected chi connectivity index (χ1v) is 9.36. The highest BCUT2D eigenvalue weighted by molar-refractivity contribution is 7.91. The highest BCUT2D eigenvalue weighted by Gasteiger charge is 2.35. The predicted octanol–water partition coefficient (Wildman–Crippen LogP) is 0.548. The van der Waals surface area contributed by atoms with Gasteiger partial charge in [-0.1, -0.05) is 13.3 Å². The van der Waals surface area contributed by atoms with Crippen molar-refractivity contribution in [3.05, 3.63) is 17.5 Å². The van der Waals surface area contributed by atoms with Gasteiger partial charge in [-0.3, -0.25) is 9.48 Å². The average molecular weight is 343 g/mol. The van der Waals surface area contributed by atoms with Crippen LogP contribution >= 0.6 is 0 Å². The fraction of sp³-hybridized carbons (Fsp3) is 0.643. The van der Waals surface area contributed by atoms with Crippen LogP contribution in [0, 0.1) is 0 Å². The molecule has 0 saturated carbocycles. The molecule has 9 heteroatoms. The summed E-state index contributed by atoms with van der Waals surface area (Å²) >= 11 is 0. The van der Waals surface area contributed by atoms with Crippen LogP contribution in [0.4, 0.5) is 0 Å². The minimum absolute atomic E-state index is 0.0356. The summed E-state index contributed by atoms with van der Waals surface area (Å²) in [5.74, 6) is -1.53. The Bertz CT molecular complexity index is 710. The topological polar surface area (TPSA) is 110 Å². The van der Waals surface area contributed by atoms with Crippen LogP contribution in [0.2, 0.25) is 0 Å². The fourth-order valence-corrected chi connectivity index (χ4v) is 4.45. The van der Waals surface area contributed by atoms with E-state index in [1.807, 2.05) is 6.92 Å². The lowest BCUT2D eigenvalue weighted by atomic mass is 10.1. The molecule has 2 rings (SSSR count). The van der Waals surface area contributed by atoms with Crippen LogP contribution in [0.1, 0.15) is 47.2 Å². The van der Waals surface area contributed by atoms with E-state index in [-0.39, 0.29) is 34.8 Å². The molecular formula is C14H21N3O5S. The smallest absolute Gasteiger partial charge is 0.356 e. The quantitative estimate of drug-likeness (QED) is 0.808. The van der Waals surface area contributed by atoms with E-state index in [9.17, 15) is 18.0 Å². The van der Waals surface area contributed by atoms with E-state index < -0.39 is 15.8 Å². The minimum atomic E-state index is -3.11. The molecule has 1 saturated heterocycles. The van der Waals surface area contributed by atoms with Crippen molar-refractivity contribution in [2.24, 2.45) is 7.05 Å². The van der Waals surface area contributed by atoms with E-state index in [1.165, 1.54) is 17.8 Å². The van der Waals surface area contributed by atoms with Crippen molar-refractivity contribution in [1.29, 1.82) is 0 Å². The highest BCUT2D eigenvalue weighted by atomic mass is 32.2. The van der Waals surface area contributed by atoms with Gasteiger partial charge in [0.05, 0.1) is 11.5 Å². The molecule has 1 aromatic rings. The third-order valence-corrected chi connectivity index (χ3v) is 5.73. The molecule has 0 aromatic carbocycles. The van der Waals surface area contributed by atoms with Gasteiger partial charge in [0.2, 0.25) is 0 Å². The zero-order chi connectivity index (χ0) is 17.2. The lowest BCUT2D eigenvalue weighted by Gasteiger charge is -2.28. The molecule has 1 aliphatic heterocycles. The van der Waals surface area contributed by atoms with E-state index >= 15 is 0 Å². The van der Waals surface area contributed by atoms with Crippen molar-refractivity contribution in [2.45, 2.75) is 32.2 Å². The molecule has 1 unspecified atom stereocenters. The van der Waals surface area contributed by atoms with Crippen LogP contribution in [-0.2, 0) is 16.9 Å². The third kappa shape index (κ3) is 3.90. The molecule has 0 aliphatic carbocycles. The highest BCUT2D eigenvalue weighted by Crippen LogP contribution is 2.21. The average Bonchev–Trinajstić information content (AvgIpc) is 3.02. The Balaban J connectivity index is 2.28. The summed E-state index contributed by atoms with van der Waals surface area (Å²) in [6.45, 7) is 2.43. The Labute approximate surface area is 135 Å². The second-order valence-corrected chi connectivity index (χ2v) is 7.98. The second kappa shape index (κ2) is 6.69. The Kier molecular flexibility index (Phi) is 5.08. The number of carboxylic acid groups (broad SMARTS) is 1. The number of unbranched alkanes of at least 4 members (excludes halogenated alkanes) is 1. The van der Waals surface area contributed by atoms with Gasteiger partial charge in [0.25, 0.3) is 5.91 Å². The van der Waals surface area contributed by atoms with Crippen LogP contribution in [-0.4, -0.2) is 64.2 Å². The molecule has 1 atom stereocenters. The maximum atomic E-state index is 12.8. The molecule has 1 aliphatic rings. The van der Waals surface area contributed by atoms with Crippen molar-refractivity contribution >= 4 is 21.7 Å². The molecule has 0 radical (unpaired) electrons. The summed E-state index contributed by atoms with van der Waals surface area (Å²) in [6, 6.07) is 0.870. The number of sulfone groups is 1. The van der Waals surface area contributed by atoms with Crippen molar-refractivity contribution in [2.75, 3.05) is 18.1 Å². The second-order valence-electron chi connectivity index (χ2n) is 5.75. The van der Waals surface area contributed by atoms with Gasteiger partial charge < -0.3 is 10.0 Å². The summed E-state index contributed by atoms with van der Waals surface area (Å²) in [4.78, 5) is 25.3. The molecule has 8 nitrogen and oxygen atoms in total. The van der Waals surface area contributed by atoms with Gasteiger partial charge in [0.15, 0.2) is 15.5 Å². The van der Waals surface area contributed by atoms with E-state index in [1.54, 1.807) is 4.90 Å². The molecule has 1 aromatic heterocycles. The number of nitrogens with zero attached hydrogens (tertiary/aromatic N) is 3. The Hall–Kier alpha value is -1.90. The van der Waals surface area contributed by atoms with Gasteiger partial charge in [-0.25, -0.2) is 13.2 Å². The lowest BCUT2D eigenvalue weighted by molar-refractivity contribution is 0.0677. The van der Waals surface area contributed by atoms with E-state index in [0.717, 1.165) is 12.8 Å². The summed E-state index contributed by atoms with van der Waals surface area (Å²) in [5.41, 5.74) is -0.0480. The molecule has 0 spiro atoms.